The molecule has 0 aliphatic carbocycles. The zero-order valence-electron chi connectivity index (χ0n) is 16.2. The van der Waals surface area contributed by atoms with Gasteiger partial charge in [0.25, 0.3) is 0 Å². The first-order valence-corrected chi connectivity index (χ1v) is 10.0. The molecule has 1 aromatic carbocycles. The number of methoxy groups -OCH3 is 1. The number of quaternary nitrogens is 2. The minimum absolute atomic E-state index is 0.110. The molecule has 0 spiro atoms. The van der Waals surface area contributed by atoms with E-state index >= 15 is 0 Å². The molecular weight excluding hydrogens is 416 g/mol. The van der Waals surface area contributed by atoms with Crippen LogP contribution in [-0.4, -0.2) is 58.0 Å². The van der Waals surface area contributed by atoms with Gasteiger partial charge in [-0.1, -0.05) is 0 Å². The molecule has 1 saturated heterocycles. The number of halogens is 1. The van der Waals surface area contributed by atoms with E-state index in [1.807, 2.05) is 0 Å². The smallest absolute Gasteiger partial charge is 0.342 e. The van der Waals surface area contributed by atoms with E-state index in [-0.39, 0.29) is 17.9 Å². The maximum atomic E-state index is 12.5. The molecule has 7 nitrogen and oxygen atoms in total. The van der Waals surface area contributed by atoms with Crippen LogP contribution in [0, 0.1) is 6.92 Å². The summed E-state index contributed by atoms with van der Waals surface area (Å²) < 4.78 is 17.2. The molecule has 0 unspecified atom stereocenters. The Morgan fingerprint density at radius 2 is 1.96 bits per heavy atom. The van der Waals surface area contributed by atoms with Crippen molar-refractivity contribution in [1.29, 1.82) is 0 Å². The number of phenols is 1. The van der Waals surface area contributed by atoms with Crippen molar-refractivity contribution < 1.29 is 33.6 Å². The first-order valence-electron chi connectivity index (χ1n) is 9.21. The zero-order valence-corrected chi connectivity index (χ0v) is 17.8. The quantitative estimate of drug-likeness (QED) is 0.580. The fourth-order valence-electron chi connectivity index (χ4n) is 3.69. The molecule has 2 aromatic rings. The van der Waals surface area contributed by atoms with Crippen LogP contribution in [0.4, 0.5) is 0 Å². The predicted octanol–water partition coefficient (Wildman–Crippen LogP) is 0.308. The molecule has 2 heterocycles. The van der Waals surface area contributed by atoms with Crippen LogP contribution in [0.3, 0.4) is 0 Å². The zero-order chi connectivity index (χ0) is 19.7. The third-order valence-electron chi connectivity index (χ3n) is 5.20. The molecule has 0 radical (unpaired) electrons. The molecular formula is C19H27BrN2O5+2. The van der Waals surface area contributed by atoms with Gasteiger partial charge in [0.15, 0.2) is 11.5 Å². The number of benzene rings is 1. The normalized spacial score (nSPS) is 20.0. The molecule has 1 aromatic heterocycles. The second-order valence-electron chi connectivity index (χ2n) is 7.02. The molecule has 8 heteroatoms. The fraction of sp³-hybridized carbons (Fsp3) is 0.526. The van der Waals surface area contributed by atoms with Crippen molar-refractivity contribution in [3.8, 4) is 11.5 Å². The highest BCUT2D eigenvalue weighted by atomic mass is 79.9. The number of hydrogen-bond donors (Lipinski definition) is 3. The fourth-order valence-corrected chi connectivity index (χ4v) is 4.36. The molecule has 3 rings (SSSR count). The van der Waals surface area contributed by atoms with Crippen molar-refractivity contribution in [2.75, 3.05) is 46.9 Å². The molecule has 3 N–H and O–H groups in total. The van der Waals surface area contributed by atoms with Gasteiger partial charge in [0.2, 0.25) is 0 Å². The molecule has 0 atom stereocenters. The lowest BCUT2D eigenvalue weighted by molar-refractivity contribution is -1.01. The molecule has 27 heavy (non-hydrogen) atoms. The van der Waals surface area contributed by atoms with Crippen LogP contribution >= 0.6 is 15.9 Å². The summed E-state index contributed by atoms with van der Waals surface area (Å²) in [5.41, 5.74) is 1.67. The van der Waals surface area contributed by atoms with Crippen molar-refractivity contribution >= 4 is 32.9 Å². The maximum Gasteiger partial charge on any atom is 0.342 e. The number of carbonyl (C=O) groups excluding carboxylic acids is 1. The summed E-state index contributed by atoms with van der Waals surface area (Å²) in [5.74, 6) is 0.122. The Balaban J connectivity index is 2.15. The first kappa shape index (κ1) is 20.0. The van der Waals surface area contributed by atoms with Gasteiger partial charge in [-0.15, -0.1) is 0 Å². The highest BCUT2D eigenvalue weighted by Gasteiger charge is 2.31. The Morgan fingerprint density at radius 3 is 2.56 bits per heavy atom. The van der Waals surface area contributed by atoms with Crippen LogP contribution in [0.1, 0.15) is 28.6 Å². The number of esters is 1. The number of furan rings is 1. The SMILES string of the molecule is CCOC(=O)c1c(C)oc2c(C[NH+]3CC[NH+](C)CC3)c(Br)c(OC)c(O)c12. The van der Waals surface area contributed by atoms with E-state index in [4.69, 9.17) is 13.9 Å². The average Bonchev–Trinajstić information content (AvgIpc) is 2.98. The van der Waals surface area contributed by atoms with E-state index in [0.29, 0.717) is 27.0 Å². The number of hydrogen-bond acceptors (Lipinski definition) is 5. The summed E-state index contributed by atoms with van der Waals surface area (Å²) in [7, 11) is 3.70. The lowest BCUT2D eigenvalue weighted by Gasteiger charge is -2.27. The Kier molecular flexibility index (Phi) is 5.98. The van der Waals surface area contributed by atoms with Gasteiger partial charge in [0.1, 0.15) is 49.6 Å². The third-order valence-corrected chi connectivity index (χ3v) is 6.03. The Labute approximate surface area is 166 Å². The van der Waals surface area contributed by atoms with Gasteiger partial charge < -0.3 is 28.8 Å². The van der Waals surface area contributed by atoms with E-state index in [1.165, 1.54) is 16.9 Å². The molecule has 0 bridgehead atoms. The molecule has 148 valence electrons. The number of carbonyl (C=O) groups is 1. The van der Waals surface area contributed by atoms with Gasteiger partial charge in [-0.05, 0) is 29.8 Å². The summed E-state index contributed by atoms with van der Waals surface area (Å²) in [6.45, 7) is 8.74. The van der Waals surface area contributed by atoms with E-state index in [9.17, 15) is 9.90 Å². The molecule has 0 amide bonds. The van der Waals surface area contributed by atoms with Crippen molar-refractivity contribution in [3.63, 3.8) is 0 Å². The van der Waals surface area contributed by atoms with Crippen LogP contribution in [-0.2, 0) is 11.3 Å². The Morgan fingerprint density at radius 1 is 1.30 bits per heavy atom. The minimum atomic E-state index is -0.505. The standard InChI is InChI=1S/C19H25BrN2O5/c1-5-26-19(24)13-11(2)27-17-12(10-22-8-6-21(3)7-9-22)15(20)18(25-4)16(23)14(13)17/h23H,5-10H2,1-4H3/p+2. The molecule has 1 aliphatic rings. The first-order chi connectivity index (χ1) is 12.9. The van der Waals surface area contributed by atoms with Crippen LogP contribution in [0.25, 0.3) is 11.0 Å². The van der Waals surface area contributed by atoms with Gasteiger partial charge >= 0.3 is 5.97 Å². The van der Waals surface area contributed by atoms with Crippen LogP contribution < -0.4 is 14.5 Å². The second kappa shape index (κ2) is 8.08. The maximum absolute atomic E-state index is 12.5. The van der Waals surface area contributed by atoms with Gasteiger partial charge in [-0.3, -0.25) is 0 Å². The Bertz CT molecular complexity index is 856. The van der Waals surface area contributed by atoms with Crippen molar-refractivity contribution in [1.82, 2.24) is 0 Å². The second-order valence-corrected chi connectivity index (χ2v) is 7.81. The number of aromatic hydroxyl groups is 1. The molecule has 1 aliphatic heterocycles. The van der Waals surface area contributed by atoms with E-state index < -0.39 is 5.97 Å². The van der Waals surface area contributed by atoms with Crippen molar-refractivity contribution in [2.45, 2.75) is 20.4 Å². The summed E-state index contributed by atoms with van der Waals surface area (Å²) in [6, 6.07) is 0. The van der Waals surface area contributed by atoms with E-state index in [0.717, 1.165) is 38.3 Å². The van der Waals surface area contributed by atoms with Gasteiger partial charge in [-0.25, -0.2) is 4.79 Å². The number of likely N-dealkylation sites (N-methyl/N-ethyl adjacent to an activating group) is 1. The van der Waals surface area contributed by atoms with Gasteiger partial charge in [0.05, 0.1) is 36.2 Å². The number of phenolic OH excluding ortho intramolecular Hbond substituents is 1. The van der Waals surface area contributed by atoms with Crippen molar-refractivity contribution in [3.05, 3.63) is 21.4 Å². The summed E-state index contributed by atoms with van der Waals surface area (Å²) in [5, 5.41) is 11.1. The lowest BCUT2D eigenvalue weighted by Crippen LogP contribution is -3.26. The number of rotatable bonds is 5. The number of fused-ring (bicyclic) bond motifs is 1. The third kappa shape index (κ3) is 3.66. The average molecular weight is 443 g/mol. The van der Waals surface area contributed by atoms with E-state index in [2.05, 4.69) is 23.0 Å². The Hall–Kier alpha value is -1.77. The minimum Gasteiger partial charge on any atom is -0.504 e. The monoisotopic (exact) mass is 442 g/mol. The molecule has 0 saturated carbocycles. The lowest BCUT2D eigenvalue weighted by atomic mass is 10.0. The number of ether oxygens (including phenoxy) is 2. The predicted molar refractivity (Wildman–Crippen MR) is 104 cm³/mol. The van der Waals surface area contributed by atoms with E-state index in [1.54, 1.807) is 13.8 Å². The highest BCUT2D eigenvalue weighted by molar-refractivity contribution is 9.10. The summed E-state index contributed by atoms with van der Waals surface area (Å²) in [6.07, 6.45) is 0. The molecule has 1 fully saturated rings. The van der Waals surface area contributed by atoms with Gasteiger partial charge in [-0.2, -0.15) is 0 Å². The number of piperazine rings is 1. The highest BCUT2D eigenvalue weighted by Crippen LogP contribution is 2.47. The topological polar surface area (TPSA) is 77.8 Å². The largest absolute Gasteiger partial charge is 0.504 e. The van der Waals surface area contributed by atoms with Gasteiger partial charge in [0, 0.05) is 0 Å². The summed E-state index contributed by atoms with van der Waals surface area (Å²) in [4.78, 5) is 15.4. The van der Waals surface area contributed by atoms with Crippen LogP contribution in [0.2, 0.25) is 0 Å². The van der Waals surface area contributed by atoms with Crippen LogP contribution in [0.5, 0.6) is 11.5 Å². The number of nitrogens with one attached hydrogen (secondary N) is 2. The summed E-state index contributed by atoms with van der Waals surface area (Å²) >= 11 is 3.57. The van der Waals surface area contributed by atoms with Crippen LogP contribution in [0.15, 0.2) is 8.89 Å². The number of aryl methyl sites for hydroxylation is 1. The van der Waals surface area contributed by atoms with Crippen molar-refractivity contribution in [2.24, 2.45) is 0 Å².